The molecule has 0 saturated heterocycles. The molecular weight excluding hydrogens is 352 g/mol. The van der Waals surface area contributed by atoms with Crippen molar-refractivity contribution in [2.45, 2.75) is 11.4 Å². The maximum Gasteiger partial charge on any atom is 0.342 e. The zero-order valence-corrected chi connectivity index (χ0v) is 14.0. The number of hydrogen-bond donors (Lipinski definition) is 2. The van der Waals surface area contributed by atoms with Gasteiger partial charge in [0.05, 0.1) is 24.8 Å². The predicted molar refractivity (Wildman–Crippen MR) is 85.2 cm³/mol. The van der Waals surface area contributed by atoms with Crippen LogP contribution in [-0.4, -0.2) is 34.0 Å². The molecule has 0 spiro atoms. The predicted octanol–water partition coefficient (Wildman–Crippen LogP) is 0.409. The molecule has 9 nitrogen and oxygen atoms in total. The normalized spacial score (nSPS) is 11.0. The highest BCUT2D eigenvalue weighted by Crippen LogP contribution is 2.22. The average molecular weight is 368 g/mol. The summed E-state index contributed by atoms with van der Waals surface area (Å²) in [7, 11) is -2.70. The van der Waals surface area contributed by atoms with Crippen LogP contribution in [0.4, 0.5) is 0 Å². The average Bonchev–Trinajstić information content (AvgIpc) is 3.09. The number of esters is 1. The summed E-state index contributed by atoms with van der Waals surface area (Å²) in [5.41, 5.74) is -0.159. The van der Waals surface area contributed by atoms with Gasteiger partial charge in [-0.1, -0.05) is 0 Å². The number of sulfonamides is 1. The van der Waals surface area contributed by atoms with Crippen molar-refractivity contribution in [3.8, 4) is 5.75 Å². The molecule has 2 aromatic rings. The third kappa shape index (κ3) is 5.06. The Kier molecular flexibility index (Phi) is 5.78. The summed E-state index contributed by atoms with van der Waals surface area (Å²) in [5, 5.41) is 7.53. The number of primary sulfonamides is 1. The number of carbonyl (C=O) groups is 2. The Bertz CT molecular complexity index is 860. The summed E-state index contributed by atoms with van der Waals surface area (Å²) in [6.07, 6.45) is 1.46. The van der Waals surface area contributed by atoms with Crippen molar-refractivity contribution in [2.75, 3.05) is 13.7 Å². The summed E-state index contributed by atoms with van der Waals surface area (Å²) in [5.74, 6) is -0.836. The molecule has 0 unspecified atom stereocenters. The van der Waals surface area contributed by atoms with Crippen LogP contribution in [0, 0.1) is 0 Å². The molecule has 0 radical (unpaired) electrons. The van der Waals surface area contributed by atoms with E-state index in [2.05, 4.69) is 5.32 Å². The third-order valence-electron chi connectivity index (χ3n) is 3.09. The van der Waals surface area contributed by atoms with Crippen molar-refractivity contribution in [1.82, 2.24) is 5.32 Å². The lowest BCUT2D eigenvalue weighted by molar-refractivity contribution is -0.124. The number of furan rings is 1. The van der Waals surface area contributed by atoms with Crippen molar-refractivity contribution in [3.05, 3.63) is 47.9 Å². The second-order valence-corrected chi connectivity index (χ2v) is 6.40. The molecule has 134 valence electrons. The SMILES string of the molecule is COc1ccc(S(N)(=O)=O)cc1C(=O)OCC(=O)NCc1ccco1. The van der Waals surface area contributed by atoms with Gasteiger partial charge in [0.15, 0.2) is 6.61 Å². The molecule has 2 rings (SSSR count). The number of nitrogens with two attached hydrogens (primary N) is 1. The fraction of sp³-hybridized carbons (Fsp3) is 0.200. The summed E-state index contributed by atoms with van der Waals surface area (Å²) >= 11 is 0. The lowest BCUT2D eigenvalue weighted by Gasteiger charge is -2.10. The molecule has 0 fully saturated rings. The molecule has 3 N–H and O–H groups in total. The summed E-state index contributed by atoms with van der Waals surface area (Å²) in [4.78, 5) is 23.5. The number of benzene rings is 1. The second-order valence-electron chi connectivity index (χ2n) is 4.84. The first-order chi connectivity index (χ1) is 11.8. The molecule has 0 aliphatic rings. The first kappa shape index (κ1) is 18.5. The Balaban J connectivity index is 2.01. The van der Waals surface area contributed by atoms with E-state index in [1.54, 1.807) is 12.1 Å². The second kappa shape index (κ2) is 7.81. The van der Waals surface area contributed by atoms with Gasteiger partial charge in [0.25, 0.3) is 5.91 Å². The molecule has 0 atom stereocenters. The summed E-state index contributed by atoms with van der Waals surface area (Å²) in [6, 6.07) is 6.84. The number of methoxy groups -OCH3 is 1. The number of hydrogen-bond acceptors (Lipinski definition) is 7. The monoisotopic (exact) mass is 368 g/mol. The van der Waals surface area contributed by atoms with E-state index in [-0.39, 0.29) is 22.8 Å². The van der Waals surface area contributed by atoms with Crippen LogP contribution in [-0.2, 0) is 26.1 Å². The van der Waals surface area contributed by atoms with Crippen LogP contribution in [0.25, 0.3) is 0 Å². The maximum absolute atomic E-state index is 12.1. The van der Waals surface area contributed by atoms with Crippen LogP contribution in [0.1, 0.15) is 16.1 Å². The van der Waals surface area contributed by atoms with E-state index in [1.165, 1.54) is 25.5 Å². The Hall–Kier alpha value is -2.85. The molecule has 1 amide bonds. The molecule has 1 heterocycles. The van der Waals surface area contributed by atoms with Gasteiger partial charge in [-0.3, -0.25) is 4.79 Å². The van der Waals surface area contributed by atoms with Crippen LogP contribution in [0.15, 0.2) is 45.9 Å². The minimum Gasteiger partial charge on any atom is -0.496 e. The van der Waals surface area contributed by atoms with Gasteiger partial charge in [0, 0.05) is 0 Å². The zero-order valence-electron chi connectivity index (χ0n) is 13.2. The fourth-order valence-electron chi connectivity index (χ4n) is 1.88. The molecule has 0 bridgehead atoms. The van der Waals surface area contributed by atoms with E-state index >= 15 is 0 Å². The molecule has 1 aromatic carbocycles. The lowest BCUT2D eigenvalue weighted by Crippen LogP contribution is -2.28. The topological polar surface area (TPSA) is 138 Å². The fourth-order valence-corrected chi connectivity index (χ4v) is 2.42. The minimum absolute atomic E-state index is 0.0911. The Labute approximate surface area is 143 Å². The highest BCUT2D eigenvalue weighted by molar-refractivity contribution is 7.89. The van der Waals surface area contributed by atoms with E-state index < -0.39 is 28.5 Å². The first-order valence-electron chi connectivity index (χ1n) is 6.98. The molecule has 0 aliphatic carbocycles. The Morgan fingerprint density at radius 3 is 2.64 bits per heavy atom. The number of carbonyl (C=O) groups excluding carboxylic acids is 2. The number of ether oxygens (including phenoxy) is 2. The van der Waals surface area contributed by atoms with E-state index in [4.69, 9.17) is 19.0 Å². The Morgan fingerprint density at radius 2 is 2.04 bits per heavy atom. The van der Waals surface area contributed by atoms with Crippen molar-refractivity contribution < 1.29 is 31.9 Å². The van der Waals surface area contributed by atoms with Crippen molar-refractivity contribution in [1.29, 1.82) is 0 Å². The quantitative estimate of drug-likeness (QED) is 0.675. The van der Waals surface area contributed by atoms with E-state index in [0.717, 1.165) is 6.07 Å². The minimum atomic E-state index is -4.00. The highest BCUT2D eigenvalue weighted by Gasteiger charge is 2.19. The summed E-state index contributed by atoms with van der Waals surface area (Å²) < 4.78 is 37.7. The van der Waals surface area contributed by atoms with Crippen LogP contribution in [0.2, 0.25) is 0 Å². The van der Waals surface area contributed by atoms with E-state index in [0.29, 0.717) is 5.76 Å². The molecular formula is C15H16N2O7S. The lowest BCUT2D eigenvalue weighted by atomic mass is 10.2. The molecule has 1 aromatic heterocycles. The third-order valence-corrected chi connectivity index (χ3v) is 4.00. The molecule has 25 heavy (non-hydrogen) atoms. The largest absolute Gasteiger partial charge is 0.496 e. The van der Waals surface area contributed by atoms with Crippen LogP contribution < -0.4 is 15.2 Å². The molecule has 10 heteroatoms. The summed E-state index contributed by atoms with van der Waals surface area (Å²) in [6.45, 7) is -0.407. The van der Waals surface area contributed by atoms with Gasteiger partial charge >= 0.3 is 5.97 Å². The van der Waals surface area contributed by atoms with Gasteiger partial charge in [0.2, 0.25) is 10.0 Å². The van der Waals surface area contributed by atoms with Gasteiger partial charge in [-0.15, -0.1) is 0 Å². The zero-order chi connectivity index (χ0) is 18.4. The molecule has 0 aliphatic heterocycles. The first-order valence-corrected chi connectivity index (χ1v) is 8.53. The van der Waals surface area contributed by atoms with Crippen molar-refractivity contribution in [2.24, 2.45) is 5.14 Å². The maximum atomic E-state index is 12.1. The van der Waals surface area contributed by atoms with Crippen LogP contribution in [0.5, 0.6) is 5.75 Å². The van der Waals surface area contributed by atoms with Gasteiger partial charge in [-0.05, 0) is 30.3 Å². The number of rotatable bonds is 7. The smallest absolute Gasteiger partial charge is 0.342 e. The van der Waals surface area contributed by atoms with Gasteiger partial charge in [-0.25, -0.2) is 18.4 Å². The highest BCUT2D eigenvalue weighted by atomic mass is 32.2. The van der Waals surface area contributed by atoms with Gasteiger partial charge < -0.3 is 19.2 Å². The van der Waals surface area contributed by atoms with E-state index in [9.17, 15) is 18.0 Å². The standard InChI is InChI=1S/C15H16N2O7S/c1-22-13-5-4-11(25(16,20)21)7-12(13)15(19)24-9-14(18)17-8-10-3-2-6-23-10/h2-7H,8-9H2,1H3,(H,17,18)(H2,16,20,21). The Morgan fingerprint density at radius 1 is 1.28 bits per heavy atom. The van der Waals surface area contributed by atoms with Crippen LogP contribution >= 0.6 is 0 Å². The van der Waals surface area contributed by atoms with Gasteiger partial charge in [0.1, 0.15) is 17.1 Å². The van der Waals surface area contributed by atoms with Gasteiger partial charge in [-0.2, -0.15) is 0 Å². The van der Waals surface area contributed by atoms with E-state index in [1.807, 2.05) is 0 Å². The molecule has 0 saturated carbocycles. The number of nitrogens with one attached hydrogen (secondary N) is 1. The number of amides is 1. The van der Waals surface area contributed by atoms with Crippen LogP contribution in [0.3, 0.4) is 0 Å². The van der Waals surface area contributed by atoms with Crippen molar-refractivity contribution >= 4 is 21.9 Å². The van der Waals surface area contributed by atoms with Crippen molar-refractivity contribution in [3.63, 3.8) is 0 Å².